The molecule has 150 valence electrons. The van der Waals surface area contributed by atoms with E-state index in [2.05, 4.69) is 14.7 Å². The van der Waals surface area contributed by atoms with E-state index in [0.29, 0.717) is 5.56 Å². The number of alkyl halides is 3. The van der Waals surface area contributed by atoms with Crippen LogP contribution in [-0.4, -0.2) is 58.9 Å². The second kappa shape index (κ2) is 6.98. The van der Waals surface area contributed by atoms with Gasteiger partial charge in [-0.3, -0.25) is 14.5 Å². The van der Waals surface area contributed by atoms with E-state index in [9.17, 15) is 31.2 Å². The molecule has 1 aliphatic heterocycles. The Morgan fingerprint density at radius 1 is 1.11 bits per heavy atom. The quantitative estimate of drug-likeness (QED) is 0.678. The third-order valence-electron chi connectivity index (χ3n) is 3.92. The molecule has 1 saturated heterocycles. The SMILES string of the molecule is CS(=O)(=O)N1CC(=O)N(Cc2ccc(-c3noc(C(F)(F)F)n3)cc2)C(=O)C1. The van der Waals surface area contributed by atoms with Crippen molar-refractivity contribution in [3.63, 3.8) is 0 Å². The van der Waals surface area contributed by atoms with Gasteiger partial charge >= 0.3 is 12.1 Å². The Bertz CT molecular complexity index is 999. The number of hydrogen-bond acceptors (Lipinski definition) is 7. The van der Waals surface area contributed by atoms with Crippen LogP contribution < -0.4 is 0 Å². The van der Waals surface area contributed by atoms with Gasteiger partial charge in [-0.15, -0.1) is 0 Å². The maximum absolute atomic E-state index is 12.5. The minimum absolute atomic E-state index is 0.102. The molecule has 2 aromatic rings. The number of amides is 2. The second-order valence-electron chi connectivity index (χ2n) is 6.02. The number of hydrogen-bond donors (Lipinski definition) is 0. The van der Waals surface area contributed by atoms with Gasteiger partial charge in [0.1, 0.15) is 0 Å². The highest BCUT2D eigenvalue weighted by Gasteiger charge is 2.38. The number of nitrogens with zero attached hydrogens (tertiary/aromatic N) is 4. The molecular weight excluding hydrogens is 405 g/mol. The molecule has 28 heavy (non-hydrogen) atoms. The highest BCUT2D eigenvalue weighted by molar-refractivity contribution is 7.88. The second-order valence-corrected chi connectivity index (χ2v) is 8.00. The molecule has 1 fully saturated rings. The molecule has 13 heteroatoms. The van der Waals surface area contributed by atoms with Crippen LogP contribution in [0.2, 0.25) is 0 Å². The normalized spacial score (nSPS) is 16.6. The smallest absolute Gasteiger partial charge is 0.329 e. The molecule has 0 unspecified atom stereocenters. The average Bonchev–Trinajstić information content (AvgIpc) is 3.08. The van der Waals surface area contributed by atoms with Crippen molar-refractivity contribution < 1.29 is 35.7 Å². The fraction of sp³-hybridized carbons (Fsp3) is 0.333. The van der Waals surface area contributed by atoms with Crippen LogP contribution in [0.15, 0.2) is 28.8 Å². The fourth-order valence-electron chi connectivity index (χ4n) is 2.48. The molecule has 0 radical (unpaired) electrons. The van der Waals surface area contributed by atoms with Crippen molar-refractivity contribution in [3.05, 3.63) is 35.7 Å². The first-order chi connectivity index (χ1) is 12.9. The maximum Gasteiger partial charge on any atom is 0.471 e. The number of rotatable bonds is 4. The van der Waals surface area contributed by atoms with E-state index >= 15 is 0 Å². The number of piperazine rings is 1. The van der Waals surface area contributed by atoms with Crippen molar-refractivity contribution in [3.8, 4) is 11.4 Å². The molecule has 0 N–H and O–H groups in total. The van der Waals surface area contributed by atoms with E-state index in [4.69, 9.17) is 0 Å². The van der Waals surface area contributed by atoms with Gasteiger partial charge in [0, 0.05) is 5.56 Å². The zero-order valence-electron chi connectivity index (χ0n) is 14.3. The summed E-state index contributed by atoms with van der Waals surface area (Å²) >= 11 is 0. The predicted molar refractivity (Wildman–Crippen MR) is 86.7 cm³/mol. The zero-order chi connectivity index (χ0) is 20.7. The molecule has 1 aromatic heterocycles. The molecule has 9 nitrogen and oxygen atoms in total. The van der Waals surface area contributed by atoms with Crippen molar-refractivity contribution in [2.24, 2.45) is 0 Å². The van der Waals surface area contributed by atoms with Crippen molar-refractivity contribution in [2.75, 3.05) is 19.3 Å². The average molecular weight is 418 g/mol. The number of carbonyl (C=O) groups excluding carboxylic acids is 2. The Hall–Kier alpha value is -2.80. The highest BCUT2D eigenvalue weighted by Crippen LogP contribution is 2.29. The molecule has 0 saturated carbocycles. The first-order valence-electron chi connectivity index (χ1n) is 7.73. The van der Waals surface area contributed by atoms with Crippen molar-refractivity contribution in [1.29, 1.82) is 0 Å². The molecule has 2 heterocycles. The largest absolute Gasteiger partial charge is 0.471 e. The topological polar surface area (TPSA) is 114 Å². The number of halogens is 3. The number of benzene rings is 1. The Kier molecular flexibility index (Phi) is 4.97. The molecule has 3 rings (SSSR count). The summed E-state index contributed by atoms with van der Waals surface area (Å²) in [6, 6.07) is 5.81. The summed E-state index contributed by atoms with van der Waals surface area (Å²) in [7, 11) is -3.67. The molecule has 0 spiro atoms. The summed E-state index contributed by atoms with van der Waals surface area (Å²) in [5.41, 5.74) is 0.764. The number of carbonyl (C=O) groups is 2. The van der Waals surface area contributed by atoms with Crippen LogP contribution >= 0.6 is 0 Å². The molecule has 1 aromatic carbocycles. The monoisotopic (exact) mass is 418 g/mol. The Morgan fingerprint density at radius 3 is 2.14 bits per heavy atom. The van der Waals surface area contributed by atoms with Gasteiger partial charge in [-0.1, -0.05) is 29.4 Å². The number of aromatic nitrogens is 2. The van der Waals surface area contributed by atoms with Crippen LogP contribution in [0.25, 0.3) is 11.4 Å². The van der Waals surface area contributed by atoms with Crippen LogP contribution in [0.4, 0.5) is 13.2 Å². The lowest BCUT2D eigenvalue weighted by atomic mass is 10.1. The Labute approximate surface area is 156 Å². The van der Waals surface area contributed by atoms with Crippen molar-refractivity contribution >= 4 is 21.8 Å². The third-order valence-corrected chi connectivity index (χ3v) is 5.11. The summed E-state index contributed by atoms with van der Waals surface area (Å²) < 4.78 is 65.5. The Balaban J connectivity index is 1.72. The van der Waals surface area contributed by atoms with Crippen LogP contribution in [0, 0.1) is 0 Å². The lowest BCUT2D eigenvalue weighted by molar-refractivity contribution is -0.159. The fourth-order valence-corrected chi connectivity index (χ4v) is 3.17. The first kappa shape index (κ1) is 19.9. The first-order valence-corrected chi connectivity index (χ1v) is 9.58. The molecule has 0 atom stereocenters. The highest BCUT2D eigenvalue weighted by atomic mass is 32.2. The molecule has 1 aliphatic rings. The van der Waals surface area contributed by atoms with Gasteiger partial charge < -0.3 is 4.52 Å². The van der Waals surface area contributed by atoms with E-state index in [1.54, 1.807) is 0 Å². The lowest BCUT2D eigenvalue weighted by Crippen LogP contribution is -2.54. The van der Waals surface area contributed by atoms with Crippen LogP contribution in [0.1, 0.15) is 11.5 Å². The summed E-state index contributed by atoms with van der Waals surface area (Å²) in [5, 5.41) is 3.27. The summed E-state index contributed by atoms with van der Waals surface area (Å²) in [6.45, 7) is -0.979. The summed E-state index contributed by atoms with van der Waals surface area (Å²) in [4.78, 5) is 28.4. The van der Waals surface area contributed by atoms with Crippen molar-refractivity contribution in [1.82, 2.24) is 19.3 Å². The van der Waals surface area contributed by atoms with Gasteiger partial charge in [0.15, 0.2) is 0 Å². The van der Waals surface area contributed by atoms with Gasteiger partial charge in [0.25, 0.3) is 0 Å². The third kappa shape index (κ3) is 4.20. The maximum atomic E-state index is 12.5. The molecular formula is C15H13F3N4O5S. The van der Waals surface area contributed by atoms with Gasteiger partial charge in [0.2, 0.25) is 27.7 Å². The zero-order valence-corrected chi connectivity index (χ0v) is 15.1. The van der Waals surface area contributed by atoms with Crippen LogP contribution in [0.5, 0.6) is 0 Å². The van der Waals surface area contributed by atoms with Crippen LogP contribution in [-0.2, 0) is 32.3 Å². The van der Waals surface area contributed by atoms with Gasteiger partial charge in [-0.25, -0.2) is 8.42 Å². The minimum atomic E-state index is -4.75. The van der Waals surface area contributed by atoms with Crippen molar-refractivity contribution in [2.45, 2.75) is 12.7 Å². The molecule has 0 bridgehead atoms. The predicted octanol–water partition coefficient (Wildman–Crippen LogP) is 0.886. The van der Waals surface area contributed by atoms with E-state index in [1.165, 1.54) is 24.3 Å². The molecule has 0 aliphatic carbocycles. The van der Waals surface area contributed by atoms with Gasteiger partial charge in [0.05, 0.1) is 25.9 Å². The van der Waals surface area contributed by atoms with Crippen LogP contribution in [0.3, 0.4) is 0 Å². The van der Waals surface area contributed by atoms with E-state index in [1.807, 2.05) is 0 Å². The summed E-state index contributed by atoms with van der Waals surface area (Å²) in [6.07, 6.45) is -3.84. The standard InChI is InChI=1S/C15H13F3N4O5S/c1-28(25,26)21-7-11(23)22(12(24)8-21)6-9-2-4-10(5-3-9)13-19-14(27-20-13)15(16,17)18/h2-5H,6-8H2,1H3. The van der Waals surface area contributed by atoms with Gasteiger partial charge in [-0.2, -0.15) is 22.5 Å². The van der Waals surface area contributed by atoms with E-state index in [-0.39, 0.29) is 17.9 Å². The van der Waals surface area contributed by atoms with E-state index in [0.717, 1.165) is 15.5 Å². The number of sulfonamides is 1. The Morgan fingerprint density at radius 2 is 1.68 bits per heavy atom. The number of imide groups is 1. The lowest BCUT2D eigenvalue weighted by Gasteiger charge is -2.31. The van der Waals surface area contributed by atoms with Gasteiger partial charge in [-0.05, 0) is 5.56 Å². The molecule has 2 amide bonds. The van der Waals surface area contributed by atoms with E-state index < -0.39 is 47.0 Å². The summed E-state index contributed by atoms with van der Waals surface area (Å²) in [5.74, 6) is -3.06. The minimum Gasteiger partial charge on any atom is -0.329 e.